The van der Waals surface area contributed by atoms with Crippen molar-refractivity contribution in [1.29, 1.82) is 0 Å². The van der Waals surface area contributed by atoms with Crippen LogP contribution in [0.4, 0.5) is 5.82 Å². The lowest BCUT2D eigenvalue weighted by Crippen LogP contribution is -2.33. The molecule has 0 saturated heterocycles. The zero-order valence-corrected chi connectivity index (χ0v) is 22.6. The normalized spacial score (nSPS) is 11.9. The van der Waals surface area contributed by atoms with E-state index in [9.17, 15) is 9.59 Å². The van der Waals surface area contributed by atoms with Gasteiger partial charge in [-0.1, -0.05) is 30.0 Å². The fourth-order valence-electron chi connectivity index (χ4n) is 4.43. The Hall–Kier alpha value is -5.28. The molecule has 0 aliphatic heterocycles. The summed E-state index contributed by atoms with van der Waals surface area (Å²) < 4.78 is 4.71. The maximum absolute atomic E-state index is 14.1. The summed E-state index contributed by atoms with van der Waals surface area (Å²) in [5.74, 6) is 6.21. The van der Waals surface area contributed by atoms with Gasteiger partial charge in [-0.05, 0) is 32.0 Å². The molecule has 11 nitrogen and oxygen atoms in total. The number of aryl methyl sites for hydroxylation is 1. The standard InChI is InChI=1S/C28H23N9O2S/c1-16(32-26(38)22-23(29)34-36-13-7-12-30-25(22)36)24-33-27-21(28(39)37(24)20-8-5-4-6-9-20)19(15-40-27)11-10-18-14-31-35(3)17(18)2/h4-9,12-16H,1-3H3,(H2,29,34)(H,32,38)/t16-/m1/s1. The molecule has 3 N–H and O–H groups in total. The number of fused-ring (bicyclic) bond motifs is 2. The van der Waals surface area contributed by atoms with Gasteiger partial charge in [0.1, 0.15) is 16.2 Å². The Kier molecular flexibility index (Phi) is 6.13. The number of anilines is 1. The number of hydrogen-bond acceptors (Lipinski definition) is 8. The summed E-state index contributed by atoms with van der Waals surface area (Å²) in [5, 5.41) is 13.6. The second-order valence-electron chi connectivity index (χ2n) is 9.14. The van der Waals surface area contributed by atoms with Gasteiger partial charge < -0.3 is 11.1 Å². The summed E-state index contributed by atoms with van der Waals surface area (Å²) in [6, 6.07) is 10.2. The second kappa shape index (κ2) is 9.79. The Labute approximate surface area is 231 Å². The van der Waals surface area contributed by atoms with Gasteiger partial charge in [-0.25, -0.2) is 14.5 Å². The molecule has 0 saturated carbocycles. The minimum absolute atomic E-state index is 0.0533. The average molecular weight is 550 g/mol. The predicted octanol–water partition coefficient (Wildman–Crippen LogP) is 3.00. The topological polar surface area (TPSA) is 138 Å². The van der Waals surface area contributed by atoms with E-state index >= 15 is 0 Å². The smallest absolute Gasteiger partial charge is 0.268 e. The maximum atomic E-state index is 14.1. The highest BCUT2D eigenvalue weighted by Crippen LogP contribution is 2.25. The van der Waals surface area contributed by atoms with Gasteiger partial charge in [-0.15, -0.1) is 16.4 Å². The van der Waals surface area contributed by atoms with Gasteiger partial charge in [-0.3, -0.25) is 18.8 Å². The fraction of sp³-hybridized carbons (Fsp3) is 0.143. The van der Waals surface area contributed by atoms with Crippen LogP contribution in [0, 0.1) is 18.8 Å². The van der Waals surface area contributed by atoms with Gasteiger partial charge in [-0.2, -0.15) is 5.10 Å². The summed E-state index contributed by atoms with van der Waals surface area (Å²) in [5.41, 5.74) is 9.17. The van der Waals surface area contributed by atoms with Crippen molar-refractivity contribution in [2.45, 2.75) is 19.9 Å². The van der Waals surface area contributed by atoms with Crippen LogP contribution in [0.3, 0.4) is 0 Å². The van der Waals surface area contributed by atoms with Crippen LogP contribution >= 0.6 is 11.3 Å². The highest BCUT2D eigenvalue weighted by molar-refractivity contribution is 7.17. The Morgan fingerprint density at radius 1 is 1.15 bits per heavy atom. The molecule has 40 heavy (non-hydrogen) atoms. The zero-order chi connectivity index (χ0) is 28.0. The SMILES string of the molecule is Cc1c(C#Cc2csc3nc([C@@H](C)NC(=O)c4c(N)nn5cccnc45)n(-c4ccccc4)c(=O)c23)cnn1C. The third kappa shape index (κ3) is 4.18. The first kappa shape index (κ1) is 25.0. The number of nitrogen functional groups attached to an aromatic ring is 1. The van der Waals surface area contributed by atoms with Crippen molar-refractivity contribution >= 4 is 38.9 Å². The summed E-state index contributed by atoms with van der Waals surface area (Å²) in [7, 11) is 1.85. The van der Waals surface area contributed by atoms with E-state index < -0.39 is 11.9 Å². The lowest BCUT2D eigenvalue weighted by Gasteiger charge is -2.19. The molecular weight excluding hydrogens is 526 g/mol. The average Bonchev–Trinajstić information content (AvgIpc) is 3.62. The van der Waals surface area contributed by atoms with Gasteiger partial charge in [0.25, 0.3) is 11.5 Å². The zero-order valence-electron chi connectivity index (χ0n) is 21.8. The molecule has 0 fully saturated rings. The van der Waals surface area contributed by atoms with Crippen molar-refractivity contribution in [3.8, 4) is 17.5 Å². The summed E-state index contributed by atoms with van der Waals surface area (Å²) in [6.45, 7) is 3.70. The molecule has 0 aliphatic carbocycles. The van der Waals surface area contributed by atoms with E-state index in [1.54, 1.807) is 36.3 Å². The van der Waals surface area contributed by atoms with Crippen LogP contribution in [-0.2, 0) is 7.05 Å². The first-order valence-electron chi connectivity index (χ1n) is 12.3. The molecule has 1 atom stereocenters. The number of nitrogens with one attached hydrogen (secondary N) is 1. The Morgan fingerprint density at radius 3 is 2.67 bits per heavy atom. The number of aromatic nitrogens is 7. The fourth-order valence-corrected chi connectivity index (χ4v) is 5.29. The molecule has 12 heteroatoms. The van der Waals surface area contributed by atoms with Gasteiger partial charge in [0, 0.05) is 24.8 Å². The van der Waals surface area contributed by atoms with E-state index in [4.69, 9.17) is 10.7 Å². The number of rotatable bonds is 4. The van der Waals surface area contributed by atoms with Crippen LogP contribution in [0.1, 0.15) is 46.0 Å². The van der Waals surface area contributed by atoms with Crippen molar-refractivity contribution in [2.75, 3.05) is 5.73 Å². The van der Waals surface area contributed by atoms with Crippen LogP contribution in [0.15, 0.2) is 65.2 Å². The summed E-state index contributed by atoms with van der Waals surface area (Å²) in [6.07, 6.45) is 4.92. The lowest BCUT2D eigenvalue weighted by molar-refractivity contribution is 0.0940. The number of carbonyl (C=O) groups is 1. The number of para-hydroxylation sites is 1. The maximum Gasteiger partial charge on any atom is 0.268 e. The number of carbonyl (C=O) groups excluding carboxylic acids is 1. The first-order valence-corrected chi connectivity index (χ1v) is 13.2. The molecule has 6 aromatic rings. The first-order chi connectivity index (χ1) is 19.3. The van der Waals surface area contributed by atoms with Crippen LogP contribution in [0.5, 0.6) is 0 Å². The van der Waals surface area contributed by atoms with Crippen molar-refractivity contribution in [2.24, 2.45) is 7.05 Å². The number of amides is 1. The molecule has 0 spiro atoms. The monoisotopic (exact) mass is 549 g/mol. The van der Waals surface area contributed by atoms with Gasteiger partial charge >= 0.3 is 0 Å². The molecule has 1 amide bonds. The molecule has 0 aliphatic rings. The van der Waals surface area contributed by atoms with Crippen LogP contribution in [0.25, 0.3) is 21.6 Å². The second-order valence-corrected chi connectivity index (χ2v) is 9.99. The number of nitrogens with zero attached hydrogens (tertiary/aromatic N) is 7. The van der Waals surface area contributed by atoms with E-state index in [2.05, 4.69) is 32.3 Å². The van der Waals surface area contributed by atoms with Gasteiger partial charge in [0.15, 0.2) is 11.5 Å². The van der Waals surface area contributed by atoms with E-state index in [0.717, 1.165) is 11.3 Å². The molecule has 0 bridgehead atoms. The highest BCUT2D eigenvalue weighted by Gasteiger charge is 2.25. The minimum Gasteiger partial charge on any atom is -0.381 e. The van der Waals surface area contributed by atoms with Crippen molar-refractivity contribution < 1.29 is 4.79 Å². The quantitative estimate of drug-likeness (QED) is 0.323. The van der Waals surface area contributed by atoms with E-state index in [1.807, 2.05) is 49.7 Å². The van der Waals surface area contributed by atoms with Crippen LogP contribution in [-0.4, -0.2) is 39.8 Å². The molecule has 0 radical (unpaired) electrons. The molecule has 0 unspecified atom stereocenters. The summed E-state index contributed by atoms with van der Waals surface area (Å²) >= 11 is 1.33. The van der Waals surface area contributed by atoms with E-state index in [0.29, 0.717) is 32.9 Å². The molecular formula is C28H23N9O2S. The minimum atomic E-state index is -0.669. The van der Waals surface area contributed by atoms with E-state index in [1.165, 1.54) is 20.4 Å². The van der Waals surface area contributed by atoms with Crippen molar-refractivity contribution in [1.82, 2.24) is 39.2 Å². The van der Waals surface area contributed by atoms with Crippen molar-refractivity contribution in [3.05, 3.63) is 98.9 Å². The van der Waals surface area contributed by atoms with Crippen molar-refractivity contribution in [3.63, 3.8) is 0 Å². The third-order valence-corrected chi connectivity index (χ3v) is 7.47. The molecule has 198 valence electrons. The third-order valence-electron chi connectivity index (χ3n) is 6.60. The Morgan fingerprint density at radius 2 is 1.93 bits per heavy atom. The Bertz CT molecular complexity index is 2040. The van der Waals surface area contributed by atoms with Crippen LogP contribution < -0.4 is 16.6 Å². The predicted molar refractivity (Wildman–Crippen MR) is 152 cm³/mol. The lowest BCUT2D eigenvalue weighted by atomic mass is 10.2. The van der Waals surface area contributed by atoms with Gasteiger partial charge in [0.05, 0.1) is 40.1 Å². The summed E-state index contributed by atoms with van der Waals surface area (Å²) in [4.78, 5) is 37.0. The highest BCUT2D eigenvalue weighted by atomic mass is 32.1. The molecule has 1 aromatic carbocycles. The van der Waals surface area contributed by atoms with Gasteiger partial charge in [0.2, 0.25) is 0 Å². The number of thiophene rings is 1. The Balaban J connectivity index is 1.45. The number of hydrogen-bond donors (Lipinski definition) is 2. The van der Waals surface area contributed by atoms with E-state index in [-0.39, 0.29) is 16.9 Å². The largest absolute Gasteiger partial charge is 0.381 e. The molecule has 6 rings (SSSR count). The molecule has 5 aromatic heterocycles. The van der Waals surface area contributed by atoms with Crippen LogP contribution in [0.2, 0.25) is 0 Å². The number of nitrogens with two attached hydrogens (primary N) is 1. The molecule has 5 heterocycles. The number of benzene rings is 1.